The van der Waals surface area contributed by atoms with Crippen LogP contribution in [-0.2, 0) is 6.54 Å². The van der Waals surface area contributed by atoms with Crippen LogP contribution in [0.1, 0.15) is 5.56 Å². The van der Waals surface area contributed by atoms with E-state index in [0.717, 1.165) is 10.8 Å². The number of rotatable bonds is 5. The van der Waals surface area contributed by atoms with Crippen molar-refractivity contribution in [3.8, 4) is 0 Å². The topological polar surface area (TPSA) is 18.6 Å². The van der Waals surface area contributed by atoms with E-state index in [1.165, 1.54) is 10.5 Å². The highest BCUT2D eigenvalue weighted by atomic mass is 35.5. The van der Waals surface area contributed by atoms with Gasteiger partial charge in [0.25, 0.3) is 6.54 Å². The molecule has 1 atom stereocenters. The fourth-order valence-electron chi connectivity index (χ4n) is 2.19. The van der Waals surface area contributed by atoms with Crippen LogP contribution in [0.4, 0.5) is 0 Å². The van der Waals surface area contributed by atoms with Gasteiger partial charge in [0.15, 0.2) is 6.04 Å². The number of benzene rings is 2. The smallest absolute Gasteiger partial charge is 0.163 e. The summed E-state index contributed by atoms with van der Waals surface area (Å²) < 4.78 is 1.87. The second-order valence-electron chi connectivity index (χ2n) is 5.12. The highest BCUT2D eigenvalue weighted by Gasteiger charge is 2.33. The van der Waals surface area contributed by atoms with Gasteiger partial charge < -0.3 is 0 Å². The Bertz CT molecular complexity index is 643. The van der Waals surface area contributed by atoms with Crippen molar-refractivity contribution in [3.63, 3.8) is 0 Å². The fourth-order valence-corrected chi connectivity index (χ4v) is 3.31. The molecule has 0 aromatic heterocycles. The first-order valence-electron chi connectivity index (χ1n) is 7.11. The Morgan fingerprint density at radius 3 is 2.64 bits per heavy atom. The summed E-state index contributed by atoms with van der Waals surface area (Å²) in [6.45, 7) is 4.13. The highest BCUT2D eigenvalue weighted by molar-refractivity contribution is 7.99. The molecule has 22 heavy (non-hydrogen) atoms. The molecule has 1 unspecified atom stereocenters. The summed E-state index contributed by atoms with van der Waals surface area (Å²) in [5.41, 5.74) is 1.17. The molecule has 0 aliphatic carbocycles. The van der Waals surface area contributed by atoms with Gasteiger partial charge in [0.2, 0.25) is 0 Å². The van der Waals surface area contributed by atoms with Crippen molar-refractivity contribution >= 4 is 23.4 Å². The lowest BCUT2D eigenvalue weighted by Crippen LogP contribution is -2.25. The molecule has 3 nitrogen and oxygen atoms in total. The molecule has 112 valence electrons. The molecule has 1 aliphatic rings. The van der Waals surface area contributed by atoms with Gasteiger partial charge in [-0.15, -0.1) is 16.5 Å². The first-order valence-corrected chi connectivity index (χ1v) is 8.47. The van der Waals surface area contributed by atoms with Gasteiger partial charge in [-0.25, -0.2) is 0 Å². The molecule has 0 saturated carbocycles. The largest absolute Gasteiger partial charge is 0.277 e. The summed E-state index contributed by atoms with van der Waals surface area (Å²) in [4.78, 5) is 1.27. The van der Waals surface area contributed by atoms with Gasteiger partial charge in [0.1, 0.15) is 6.54 Å². The third kappa shape index (κ3) is 4.02. The number of hydrogen-bond donors (Lipinski definition) is 0. The Labute approximate surface area is 140 Å². The average Bonchev–Trinajstić information content (AvgIpc) is 2.88. The van der Waals surface area contributed by atoms with Gasteiger partial charge in [-0.2, -0.15) is 5.01 Å². The van der Waals surface area contributed by atoms with Crippen molar-refractivity contribution in [2.24, 2.45) is 5.22 Å². The second kappa shape index (κ2) is 7.16. The van der Waals surface area contributed by atoms with Gasteiger partial charge in [-0.1, -0.05) is 41.9 Å². The first kappa shape index (κ1) is 15.4. The van der Waals surface area contributed by atoms with E-state index in [9.17, 15) is 0 Å². The maximum atomic E-state index is 5.91. The molecular formula is C17H17ClN3S+. The van der Waals surface area contributed by atoms with Gasteiger partial charge >= 0.3 is 0 Å². The minimum atomic E-state index is 0.192. The SMILES string of the molecule is CN1N=[N+](Cc2ccc(Cl)cc2)[C]C1CSc1ccccc1. The van der Waals surface area contributed by atoms with Crippen LogP contribution in [-0.4, -0.2) is 28.5 Å². The summed E-state index contributed by atoms with van der Waals surface area (Å²) in [5, 5.41) is 7.23. The van der Waals surface area contributed by atoms with Crippen LogP contribution >= 0.6 is 23.4 Å². The summed E-state index contributed by atoms with van der Waals surface area (Å²) in [6, 6.07) is 18.4. The van der Waals surface area contributed by atoms with Crippen molar-refractivity contribution in [1.82, 2.24) is 5.01 Å². The maximum Gasteiger partial charge on any atom is 0.277 e. The first-order chi connectivity index (χ1) is 10.7. The normalized spacial score (nSPS) is 17.6. The summed E-state index contributed by atoms with van der Waals surface area (Å²) in [5.74, 6) is 0.932. The van der Waals surface area contributed by atoms with Gasteiger partial charge in [0, 0.05) is 15.7 Å². The van der Waals surface area contributed by atoms with E-state index in [0.29, 0.717) is 6.54 Å². The van der Waals surface area contributed by atoms with Crippen LogP contribution in [0.15, 0.2) is 64.7 Å². The van der Waals surface area contributed by atoms with Crippen LogP contribution in [0, 0.1) is 6.54 Å². The second-order valence-corrected chi connectivity index (χ2v) is 6.65. The van der Waals surface area contributed by atoms with Crippen molar-refractivity contribution < 1.29 is 4.70 Å². The molecule has 2 aromatic rings. The van der Waals surface area contributed by atoms with Crippen LogP contribution in [0.5, 0.6) is 0 Å². The molecule has 0 N–H and O–H groups in total. The Morgan fingerprint density at radius 2 is 1.91 bits per heavy atom. The average molecular weight is 331 g/mol. The number of nitrogens with zero attached hydrogens (tertiary/aromatic N) is 3. The Balaban J connectivity index is 1.54. The summed E-state index contributed by atoms with van der Waals surface area (Å²) in [6.07, 6.45) is 0. The van der Waals surface area contributed by atoms with Crippen molar-refractivity contribution in [1.29, 1.82) is 0 Å². The fraction of sp³-hybridized carbons (Fsp3) is 0.235. The highest BCUT2D eigenvalue weighted by Crippen LogP contribution is 2.24. The lowest BCUT2D eigenvalue weighted by molar-refractivity contribution is -0.567. The van der Waals surface area contributed by atoms with Gasteiger partial charge in [-0.05, 0) is 29.8 Å². The molecule has 0 amide bonds. The van der Waals surface area contributed by atoms with E-state index >= 15 is 0 Å². The molecule has 2 radical (unpaired) electrons. The standard InChI is InChI=1S/C17H17ClN3S/c1-20-16(13-22-17-5-3-2-4-6-17)12-21(19-20)11-14-7-9-15(18)10-8-14/h2-10,16H,11,13H2,1H3/q+1. The third-order valence-electron chi connectivity index (χ3n) is 3.39. The van der Waals surface area contributed by atoms with Crippen molar-refractivity contribution in [3.05, 3.63) is 71.7 Å². The predicted molar refractivity (Wildman–Crippen MR) is 89.8 cm³/mol. The zero-order valence-electron chi connectivity index (χ0n) is 12.3. The van der Waals surface area contributed by atoms with E-state index in [-0.39, 0.29) is 6.04 Å². The molecule has 2 aromatic carbocycles. The lowest BCUT2D eigenvalue weighted by Gasteiger charge is -2.08. The zero-order valence-corrected chi connectivity index (χ0v) is 13.9. The number of likely N-dealkylation sites (N-methyl/N-ethyl adjacent to an activating group) is 1. The van der Waals surface area contributed by atoms with Crippen LogP contribution in [0.25, 0.3) is 0 Å². The molecule has 5 heteroatoms. The molecule has 0 fully saturated rings. The van der Waals surface area contributed by atoms with Crippen LogP contribution in [0.2, 0.25) is 5.02 Å². The zero-order chi connectivity index (χ0) is 15.4. The van der Waals surface area contributed by atoms with Crippen molar-refractivity contribution in [2.75, 3.05) is 12.8 Å². The summed E-state index contributed by atoms with van der Waals surface area (Å²) >= 11 is 7.73. The summed E-state index contributed by atoms with van der Waals surface area (Å²) in [7, 11) is 1.99. The Morgan fingerprint density at radius 1 is 1.18 bits per heavy atom. The lowest BCUT2D eigenvalue weighted by atomic mass is 10.2. The van der Waals surface area contributed by atoms with Crippen molar-refractivity contribution in [2.45, 2.75) is 17.5 Å². The molecule has 0 saturated heterocycles. The number of hydrogen-bond acceptors (Lipinski definition) is 3. The minimum absolute atomic E-state index is 0.192. The van der Waals surface area contributed by atoms with E-state index in [1.807, 2.05) is 58.8 Å². The minimum Gasteiger partial charge on any atom is -0.163 e. The number of halogens is 1. The molecular weight excluding hydrogens is 314 g/mol. The van der Waals surface area contributed by atoms with E-state index in [2.05, 4.69) is 36.0 Å². The maximum absolute atomic E-state index is 5.91. The van der Waals surface area contributed by atoms with Gasteiger partial charge in [0.05, 0.1) is 12.3 Å². The number of thioether (sulfide) groups is 1. The van der Waals surface area contributed by atoms with E-state index < -0.39 is 0 Å². The van der Waals surface area contributed by atoms with Gasteiger partial charge in [-0.3, -0.25) is 0 Å². The predicted octanol–water partition coefficient (Wildman–Crippen LogP) is 4.36. The van der Waals surface area contributed by atoms with E-state index in [4.69, 9.17) is 11.6 Å². The van der Waals surface area contributed by atoms with Crippen LogP contribution < -0.4 is 0 Å². The molecule has 1 aliphatic heterocycles. The Hall–Kier alpha value is -1.52. The van der Waals surface area contributed by atoms with E-state index in [1.54, 1.807) is 0 Å². The quantitative estimate of drug-likeness (QED) is 0.599. The van der Waals surface area contributed by atoms with Crippen LogP contribution in [0.3, 0.4) is 0 Å². The molecule has 1 heterocycles. The third-order valence-corrected chi connectivity index (χ3v) is 4.73. The molecule has 0 spiro atoms. The molecule has 3 rings (SSSR count). The monoisotopic (exact) mass is 330 g/mol. The Kier molecular flexibility index (Phi) is 5.01. The molecule has 0 bridgehead atoms.